The van der Waals surface area contributed by atoms with Crippen molar-refractivity contribution in [1.29, 1.82) is 0 Å². The zero-order chi connectivity index (χ0) is 10.1. The fourth-order valence-corrected chi connectivity index (χ4v) is 1.95. The molecule has 0 spiro atoms. The summed E-state index contributed by atoms with van der Waals surface area (Å²) < 4.78 is 14.0. The summed E-state index contributed by atoms with van der Waals surface area (Å²) in [7, 11) is 0. The maximum absolute atomic E-state index is 13.4. The first kappa shape index (κ1) is 10.6. The number of nitrogens with two attached hydrogens (primary N) is 1. The van der Waals surface area contributed by atoms with Crippen LogP contribution in [0.1, 0.15) is 19.4 Å². The number of halogens is 2. The van der Waals surface area contributed by atoms with Gasteiger partial charge in [0.2, 0.25) is 0 Å². The largest absolute Gasteiger partial charge is 0.294 e. The predicted molar refractivity (Wildman–Crippen MR) is 52.4 cm³/mol. The summed E-state index contributed by atoms with van der Waals surface area (Å²) in [5, 5.41) is 0. The lowest BCUT2D eigenvalue weighted by molar-refractivity contribution is -0.0266. The van der Waals surface area contributed by atoms with Crippen LogP contribution in [0.4, 0.5) is 4.39 Å². The highest BCUT2D eigenvalue weighted by molar-refractivity contribution is 9.10. The third kappa shape index (κ3) is 2.07. The fourth-order valence-electron chi connectivity index (χ4n) is 1.13. The van der Waals surface area contributed by atoms with Crippen LogP contribution in [-0.2, 0) is 10.4 Å². The minimum absolute atomic E-state index is 0.329. The van der Waals surface area contributed by atoms with E-state index >= 15 is 0 Å². The molecule has 0 aliphatic carbocycles. The lowest BCUT2D eigenvalue weighted by Gasteiger charge is -2.23. The summed E-state index contributed by atoms with van der Waals surface area (Å²) in [6.45, 7) is 3.41. The van der Waals surface area contributed by atoms with Crippen LogP contribution in [0.2, 0.25) is 0 Å². The van der Waals surface area contributed by atoms with Gasteiger partial charge < -0.3 is 0 Å². The van der Waals surface area contributed by atoms with Gasteiger partial charge in [0, 0.05) is 10.0 Å². The van der Waals surface area contributed by atoms with Gasteiger partial charge in [0.1, 0.15) is 11.4 Å². The molecule has 0 amide bonds. The Balaban J connectivity index is 3.28. The maximum atomic E-state index is 13.4. The van der Waals surface area contributed by atoms with Gasteiger partial charge in [-0.15, -0.1) is 0 Å². The fraction of sp³-hybridized carbons (Fsp3) is 0.333. The minimum Gasteiger partial charge on any atom is -0.294 e. The number of hydrogen-bond acceptors (Lipinski definition) is 2. The Morgan fingerprint density at radius 2 is 2.08 bits per heavy atom. The summed E-state index contributed by atoms with van der Waals surface area (Å²) in [6, 6.07) is 4.75. The molecule has 0 aliphatic heterocycles. The summed E-state index contributed by atoms with van der Waals surface area (Å²) in [6.07, 6.45) is 0. The van der Waals surface area contributed by atoms with Crippen molar-refractivity contribution < 1.29 is 9.23 Å². The standard InChI is InChI=1S/C9H11BrFNO/c1-9(2,13-12)8-6(10)4-3-5-7(8)11/h3-5H,12H2,1-2H3. The highest BCUT2D eigenvalue weighted by Crippen LogP contribution is 2.31. The summed E-state index contributed by atoms with van der Waals surface area (Å²) in [5.41, 5.74) is -0.401. The smallest absolute Gasteiger partial charge is 0.130 e. The topological polar surface area (TPSA) is 35.2 Å². The zero-order valence-corrected chi connectivity index (χ0v) is 9.06. The van der Waals surface area contributed by atoms with Crippen LogP contribution >= 0.6 is 15.9 Å². The molecule has 1 aromatic rings. The molecule has 0 aromatic heterocycles. The molecule has 0 heterocycles. The van der Waals surface area contributed by atoms with E-state index in [1.165, 1.54) is 6.07 Å². The van der Waals surface area contributed by atoms with Gasteiger partial charge in [-0.05, 0) is 26.0 Å². The van der Waals surface area contributed by atoms with Crippen molar-refractivity contribution in [2.45, 2.75) is 19.4 Å². The normalized spacial score (nSPS) is 11.8. The maximum Gasteiger partial charge on any atom is 0.130 e. The molecule has 0 atom stereocenters. The van der Waals surface area contributed by atoms with Crippen molar-refractivity contribution in [1.82, 2.24) is 0 Å². The molecule has 1 rings (SSSR count). The quantitative estimate of drug-likeness (QED) is 0.816. The first-order valence-electron chi connectivity index (χ1n) is 3.81. The van der Waals surface area contributed by atoms with Crippen LogP contribution in [-0.4, -0.2) is 0 Å². The summed E-state index contributed by atoms with van der Waals surface area (Å²) in [4.78, 5) is 4.72. The van der Waals surface area contributed by atoms with Crippen molar-refractivity contribution in [3.63, 3.8) is 0 Å². The van der Waals surface area contributed by atoms with E-state index in [0.29, 0.717) is 10.0 Å². The molecule has 0 saturated heterocycles. The zero-order valence-electron chi connectivity index (χ0n) is 7.47. The van der Waals surface area contributed by atoms with Crippen molar-refractivity contribution in [3.05, 3.63) is 34.1 Å². The second kappa shape index (κ2) is 3.74. The molecule has 0 saturated carbocycles. The van der Waals surface area contributed by atoms with Gasteiger partial charge in [-0.25, -0.2) is 10.3 Å². The molecule has 72 valence electrons. The van der Waals surface area contributed by atoms with E-state index in [9.17, 15) is 4.39 Å². The van der Waals surface area contributed by atoms with Crippen LogP contribution in [0.15, 0.2) is 22.7 Å². The highest BCUT2D eigenvalue weighted by atomic mass is 79.9. The molecular weight excluding hydrogens is 237 g/mol. The highest BCUT2D eigenvalue weighted by Gasteiger charge is 2.26. The predicted octanol–water partition coefficient (Wildman–Crippen LogP) is 2.71. The van der Waals surface area contributed by atoms with E-state index in [1.54, 1.807) is 26.0 Å². The number of hydrogen-bond donors (Lipinski definition) is 1. The third-order valence-corrected chi connectivity index (χ3v) is 2.52. The third-order valence-electron chi connectivity index (χ3n) is 1.86. The van der Waals surface area contributed by atoms with E-state index in [0.717, 1.165) is 0 Å². The Labute approximate surface area is 85.0 Å². The molecule has 1 aromatic carbocycles. The molecule has 0 bridgehead atoms. The Kier molecular flexibility index (Phi) is 3.05. The molecule has 0 radical (unpaired) electrons. The molecule has 0 aliphatic rings. The Morgan fingerprint density at radius 1 is 1.46 bits per heavy atom. The Bertz CT molecular complexity index is 294. The lowest BCUT2D eigenvalue weighted by Crippen LogP contribution is -2.27. The molecule has 13 heavy (non-hydrogen) atoms. The number of rotatable bonds is 2. The van der Waals surface area contributed by atoms with Gasteiger partial charge in [-0.2, -0.15) is 0 Å². The van der Waals surface area contributed by atoms with Crippen LogP contribution in [0, 0.1) is 5.82 Å². The van der Waals surface area contributed by atoms with Gasteiger partial charge in [0.05, 0.1) is 0 Å². The van der Waals surface area contributed by atoms with Gasteiger partial charge in [0.15, 0.2) is 0 Å². The monoisotopic (exact) mass is 247 g/mol. The van der Waals surface area contributed by atoms with Gasteiger partial charge in [-0.3, -0.25) is 4.84 Å². The first-order valence-corrected chi connectivity index (χ1v) is 4.60. The molecule has 0 fully saturated rings. The van der Waals surface area contributed by atoms with Gasteiger partial charge in [0.25, 0.3) is 0 Å². The summed E-state index contributed by atoms with van der Waals surface area (Å²) >= 11 is 3.25. The molecule has 2 nitrogen and oxygen atoms in total. The van der Waals surface area contributed by atoms with Crippen molar-refractivity contribution >= 4 is 15.9 Å². The van der Waals surface area contributed by atoms with Crippen LogP contribution < -0.4 is 5.90 Å². The van der Waals surface area contributed by atoms with Crippen molar-refractivity contribution in [2.75, 3.05) is 0 Å². The second-order valence-corrected chi connectivity index (χ2v) is 4.08. The van der Waals surface area contributed by atoms with Gasteiger partial charge >= 0.3 is 0 Å². The van der Waals surface area contributed by atoms with E-state index in [4.69, 9.17) is 10.7 Å². The SMILES string of the molecule is CC(C)(ON)c1c(F)cccc1Br. The second-order valence-electron chi connectivity index (χ2n) is 3.22. The minimum atomic E-state index is -0.829. The van der Waals surface area contributed by atoms with Crippen molar-refractivity contribution in [3.8, 4) is 0 Å². The van der Waals surface area contributed by atoms with E-state index in [1.807, 2.05) is 0 Å². The van der Waals surface area contributed by atoms with Crippen LogP contribution in [0.3, 0.4) is 0 Å². The van der Waals surface area contributed by atoms with E-state index < -0.39 is 5.60 Å². The van der Waals surface area contributed by atoms with E-state index in [2.05, 4.69) is 15.9 Å². The molecular formula is C9H11BrFNO. The molecule has 0 unspecified atom stereocenters. The van der Waals surface area contributed by atoms with Crippen LogP contribution in [0.5, 0.6) is 0 Å². The Hall–Kier alpha value is -0.450. The Morgan fingerprint density at radius 3 is 2.54 bits per heavy atom. The van der Waals surface area contributed by atoms with Gasteiger partial charge in [-0.1, -0.05) is 22.0 Å². The van der Waals surface area contributed by atoms with Crippen LogP contribution in [0.25, 0.3) is 0 Å². The first-order chi connectivity index (χ1) is 5.99. The molecule has 4 heteroatoms. The molecule has 2 N–H and O–H groups in total. The average molecular weight is 248 g/mol. The summed E-state index contributed by atoms with van der Waals surface area (Å²) in [5.74, 6) is 4.76. The van der Waals surface area contributed by atoms with Crippen molar-refractivity contribution in [2.24, 2.45) is 5.90 Å². The lowest BCUT2D eigenvalue weighted by atomic mass is 9.98. The number of benzene rings is 1. The average Bonchev–Trinajstić information content (AvgIpc) is 2.03. The van der Waals surface area contributed by atoms with E-state index in [-0.39, 0.29) is 5.82 Å².